The Kier molecular flexibility index (Phi) is 5.96. The lowest BCUT2D eigenvalue weighted by molar-refractivity contribution is 0.416. The van der Waals surface area contributed by atoms with Crippen LogP contribution in [0.2, 0.25) is 10.0 Å². The number of nitrogens with one attached hydrogen (secondary N) is 2. The number of imidazole rings is 1. The number of benzene rings is 2. The number of halogens is 2. The topological polar surface area (TPSA) is 75.7 Å². The van der Waals surface area contributed by atoms with E-state index in [4.69, 9.17) is 32.9 Å². The molecule has 5 rings (SSSR count). The van der Waals surface area contributed by atoms with Crippen LogP contribution in [0.3, 0.4) is 0 Å². The van der Waals surface area contributed by atoms with Gasteiger partial charge in [-0.1, -0.05) is 29.3 Å². The van der Waals surface area contributed by atoms with E-state index in [2.05, 4.69) is 20.3 Å². The van der Waals surface area contributed by atoms with Gasteiger partial charge in [-0.2, -0.15) is 0 Å². The molecular weight excluding hydrogens is 457 g/mol. The molecule has 168 valence electrons. The molecular formula is C25H23Cl2N5O. The Hall–Kier alpha value is -3.09. The minimum Gasteiger partial charge on any atom is -0.496 e. The van der Waals surface area contributed by atoms with Crippen molar-refractivity contribution in [2.24, 2.45) is 0 Å². The number of H-pyrrole nitrogens is 1. The summed E-state index contributed by atoms with van der Waals surface area (Å²) in [6, 6.07) is 11.5. The van der Waals surface area contributed by atoms with Gasteiger partial charge in [0.15, 0.2) is 0 Å². The Bertz CT molecular complexity index is 1320. The molecule has 1 aliphatic rings. The van der Waals surface area contributed by atoms with E-state index in [0.29, 0.717) is 21.7 Å². The van der Waals surface area contributed by atoms with Crippen LogP contribution in [0.5, 0.6) is 5.75 Å². The first-order valence-electron chi connectivity index (χ1n) is 10.8. The summed E-state index contributed by atoms with van der Waals surface area (Å²) < 4.78 is 5.61. The van der Waals surface area contributed by atoms with E-state index < -0.39 is 0 Å². The largest absolute Gasteiger partial charge is 0.496 e. The number of nitrogens with zero attached hydrogens (tertiary/aromatic N) is 3. The van der Waals surface area contributed by atoms with Crippen molar-refractivity contribution in [1.82, 2.24) is 19.9 Å². The number of aromatic amines is 1. The summed E-state index contributed by atoms with van der Waals surface area (Å²) in [6.07, 6.45) is 6.72. The number of hydrogen-bond acceptors (Lipinski definition) is 5. The van der Waals surface area contributed by atoms with Crippen molar-refractivity contribution in [1.29, 1.82) is 0 Å². The summed E-state index contributed by atoms with van der Waals surface area (Å²) in [5.74, 6) is 2.12. The van der Waals surface area contributed by atoms with Crippen LogP contribution in [0.25, 0.3) is 11.4 Å². The Balaban J connectivity index is 1.46. The smallest absolute Gasteiger partial charge is 0.227 e. The average Bonchev–Trinajstić information content (AvgIpc) is 3.25. The van der Waals surface area contributed by atoms with Gasteiger partial charge >= 0.3 is 0 Å². The van der Waals surface area contributed by atoms with Gasteiger partial charge in [-0.3, -0.25) is 0 Å². The van der Waals surface area contributed by atoms with E-state index in [0.717, 1.165) is 58.9 Å². The molecule has 2 heterocycles. The molecule has 0 aliphatic heterocycles. The number of rotatable bonds is 5. The van der Waals surface area contributed by atoms with Gasteiger partial charge in [0.25, 0.3) is 0 Å². The third-order valence-corrected chi connectivity index (χ3v) is 6.48. The second-order valence-electron chi connectivity index (χ2n) is 8.17. The maximum Gasteiger partial charge on any atom is 0.227 e. The normalized spacial score (nSPS) is 15.2. The van der Waals surface area contributed by atoms with E-state index in [9.17, 15) is 0 Å². The van der Waals surface area contributed by atoms with Crippen molar-refractivity contribution in [3.63, 3.8) is 0 Å². The van der Waals surface area contributed by atoms with Crippen LogP contribution in [-0.4, -0.2) is 27.0 Å². The SMILES string of the molecule is COc1cc(Nc2ncc3c(n2)C(c2ccc(Cl)cc2Cl)CCC3)ccc1-c1ncc(C)[nH]1. The molecule has 6 nitrogen and oxygen atoms in total. The maximum atomic E-state index is 6.53. The first-order chi connectivity index (χ1) is 16.0. The molecule has 1 unspecified atom stereocenters. The molecule has 2 aromatic carbocycles. The highest BCUT2D eigenvalue weighted by Crippen LogP contribution is 2.40. The molecule has 0 amide bonds. The number of anilines is 2. The predicted molar refractivity (Wildman–Crippen MR) is 132 cm³/mol. The lowest BCUT2D eigenvalue weighted by atomic mass is 9.82. The first-order valence-corrected chi connectivity index (χ1v) is 11.5. The number of aryl methyl sites for hydroxylation is 2. The van der Waals surface area contributed by atoms with Crippen LogP contribution < -0.4 is 10.1 Å². The van der Waals surface area contributed by atoms with Crippen LogP contribution in [-0.2, 0) is 6.42 Å². The molecule has 33 heavy (non-hydrogen) atoms. The second kappa shape index (κ2) is 9.04. The fraction of sp³-hybridized carbons (Fsp3) is 0.240. The van der Waals surface area contributed by atoms with Gasteiger partial charge in [0, 0.05) is 45.8 Å². The molecule has 0 spiro atoms. The highest BCUT2D eigenvalue weighted by molar-refractivity contribution is 6.35. The Morgan fingerprint density at radius 2 is 1.97 bits per heavy atom. The Morgan fingerprint density at radius 1 is 1.09 bits per heavy atom. The molecule has 0 saturated heterocycles. The van der Waals surface area contributed by atoms with E-state index >= 15 is 0 Å². The number of aromatic nitrogens is 4. The zero-order valence-electron chi connectivity index (χ0n) is 18.3. The summed E-state index contributed by atoms with van der Waals surface area (Å²) in [5, 5.41) is 4.62. The van der Waals surface area contributed by atoms with Gasteiger partial charge in [-0.25, -0.2) is 15.0 Å². The first kappa shape index (κ1) is 21.7. The van der Waals surface area contributed by atoms with Crippen LogP contribution in [0, 0.1) is 6.92 Å². The fourth-order valence-electron chi connectivity index (χ4n) is 4.34. The highest BCUT2D eigenvalue weighted by Gasteiger charge is 2.26. The van der Waals surface area contributed by atoms with E-state index in [1.165, 1.54) is 0 Å². The van der Waals surface area contributed by atoms with Crippen molar-refractivity contribution < 1.29 is 4.74 Å². The number of methoxy groups -OCH3 is 1. The van der Waals surface area contributed by atoms with Crippen LogP contribution in [0.4, 0.5) is 11.6 Å². The zero-order valence-corrected chi connectivity index (χ0v) is 19.8. The van der Waals surface area contributed by atoms with Gasteiger partial charge in [0.2, 0.25) is 5.95 Å². The highest BCUT2D eigenvalue weighted by atomic mass is 35.5. The van der Waals surface area contributed by atoms with Crippen molar-refractivity contribution in [3.05, 3.63) is 81.4 Å². The number of fused-ring (bicyclic) bond motifs is 1. The molecule has 2 aromatic heterocycles. The van der Waals surface area contributed by atoms with Gasteiger partial charge in [-0.15, -0.1) is 0 Å². The lowest BCUT2D eigenvalue weighted by Crippen LogP contribution is -2.15. The summed E-state index contributed by atoms with van der Waals surface area (Å²) >= 11 is 12.6. The van der Waals surface area contributed by atoms with Crippen molar-refractivity contribution in [2.45, 2.75) is 32.1 Å². The minimum absolute atomic E-state index is 0.112. The number of hydrogen-bond donors (Lipinski definition) is 2. The van der Waals surface area contributed by atoms with E-state index in [1.54, 1.807) is 19.4 Å². The van der Waals surface area contributed by atoms with Gasteiger partial charge in [0.1, 0.15) is 11.6 Å². The minimum atomic E-state index is 0.112. The Labute approximate surface area is 202 Å². The summed E-state index contributed by atoms with van der Waals surface area (Å²) in [4.78, 5) is 17.1. The van der Waals surface area contributed by atoms with Gasteiger partial charge < -0.3 is 15.0 Å². The molecule has 2 N–H and O–H groups in total. The monoisotopic (exact) mass is 479 g/mol. The Morgan fingerprint density at radius 3 is 2.73 bits per heavy atom. The summed E-state index contributed by atoms with van der Waals surface area (Å²) in [5.41, 5.74) is 5.93. The third-order valence-electron chi connectivity index (χ3n) is 5.92. The molecule has 0 saturated carbocycles. The zero-order chi connectivity index (χ0) is 22.9. The van der Waals surface area contributed by atoms with Crippen molar-refractivity contribution in [2.75, 3.05) is 12.4 Å². The fourth-order valence-corrected chi connectivity index (χ4v) is 4.88. The average molecular weight is 480 g/mol. The molecule has 0 bridgehead atoms. The molecule has 4 aromatic rings. The number of ether oxygens (including phenoxy) is 1. The molecule has 1 aliphatic carbocycles. The van der Waals surface area contributed by atoms with Crippen LogP contribution in [0.1, 0.15) is 41.3 Å². The third kappa shape index (κ3) is 4.41. The van der Waals surface area contributed by atoms with Crippen molar-refractivity contribution in [3.8, 4) is 17.1 Å². The maximum absolute atomic E-state index is 6.53. The van der Waals surface area contributed by atoms with E-state index in [1.807, 2.05) is 43.5 Å². The van der Waals surface area contributed by atoms with Gasteiger partial charge in [0.05, 0.1) is 18.4 Å². The molecule has 0 fully saturated rings. The summed E-state index contributed by atoms with van der Waals surface area (Å²) in [7, 11) is 1.65. The van der Waals surface area contributed by atoms with Gasteiger partial charge in [-0.05, 0) is 61.6 Å². The quantitative estimate of drug-likeness (QED) is 0.332. The van der Waals surface area contributed by atoms with Crippen molar-refractivity contribution >= 4 is 34.8 Å². The van der Waals surface area contributed by atoms with Crippen LogP contribution >= 0.6 is 23.2 Å². The standard InChI is InChI=1S/C25H23Cl2N5O/c1-14-12-28-24(30-14)20-9-7-17(11-22(20)33-2)31-25-29-13-15-4-3-5-19(23(15)32-25)18-8-6-16(26)10-21(18)27/h6-13,19H,3-5H2,1-2H3,(H,28,30)(H,29,31,32). The molecule has 1 atom stereocenters. The predicted octanol–water partition coefficient (Wildman–Crippen LogP) is 6.70. The molecule has 0 radical (unpaired) electrons. The van der Waals surface area contributed by atoms with Crippen LogP contribution in [0.15, 0.2) is 48.8 Å². The van der Waals surface area contributed by atoms with E-state index in [-0.39, 0.29) is 5.92 Å². The second-order valence-corrected chi connectivity index (χ2v) is 9.01. The lowest BCUT2D eigenvalue weighted by Gasteiger charge is -2.26. The molecule has 8 heteroatoms. The summed E-state index contributed by atoms with van der Waals surface area (Å²) in [6.45, 7) is 1.97.